The number of oxazole rings is 2. The third-order valence-electron chi connectivity index (χ3n) is 3.84. The maximum absolute atomic E-state index is 8.79. The molecule has 49 heavy (non-hydrogen) atoms. The number of nitrogens with two attached hydrogens (primary N) is 2. The van der Waals surface area contributed by atoms with Crippen molar-refractivity contribution in [2.45, 2.75) is 76.7 Å². The molecule has 0 saturated carbocycles. The minimum absolute atomic E-state index is 0. The number of para-hydroxylation sites is 6. The first-order chi connectivity index (χ1) is 21.5. The Kier molecular flexibility index (Phi) is 41.8. The molecule has 8 nitrogen and oxygen atoms in total. The second-order valence-electron chi connectivity index (χ2n) is 11.5. The number of phenols is 1. The molecule has 2 heterocycles. The molecule has 0 saturated heterocycles. The van der Waals surface area contributed by atoms with Gasteiger partial charge in [-0.1, -0.05) is 106 Å². The van der Waals surface area contributed by atoms with Gasteiger partial charge < -0.3 is 60.0 Å². The molecule has 272 valence electrons. The number of hydrogen-bond donors (Lipinski definition) is 4. The topological polar surface area (TPSA) is 136 Å². The van der Waals surface area contributed by atoms with Crippen molar-refractivity contribution >= 4 is 75.3 Å². The van der Waals surface area contributed by atoms with E-state index >= 15 is 0 Å². The fourth-order valence-electron chi connectivity index (χ4n) is 2.39. The number of aromatic hydroxyl groups is 1. The van der Waals surface area contributed by atoms with Crippen LogP contribution in [0.4, 0.5) is 11.7 Å². The molecule has 0 amide bonds. The molecule has 0 unspecified atom stereocenters. The van der Waals surface area contributed by atoms with Gasteiger partial charge in [-0.05, 0) is 73.3 Å². The summed E-state index contributed by atoms with van der Waals surface area (Å²) < 4.78 is 15.0. The van der Waals surface area contributed by atoms with Crippen LogP contribution in [0, 0.1) is 60.3 Å². The van der Waals surface area contributed by atoms with Crippen LogP contribution in [0.5, 0.6) is 5.75 Å². The van der Waals surface area contributed by atoms with E-state index in [0.717, 1.165) is 40.0 Å². The molecule has 0 spiro atoms. The van der Waals surface area contributed by atoms with Gasteiger partial charge in [0, 0.05) is 42.1 Å². The van der Waals surface area contributed by atoms with Crippen molar-refractivity contribution in [1.29, 1.82) is 0 Å². The van der Waals surface area contributed by atoms with Gasteiger partial charge >= 0.3 is 51.4 Å². The monoisotopic (exact) mass is 784 g/mol. The summed E-state index contributed by atoms with van der Waals surface area (Å²) in [5.41, 5.74) is 14.3. The smallest absolute Gasteiger partial charge is 0.514 e. The zero-order valence-corrected chi connectivity index (χ0v) is 36.5. The van der Waals surface area contributed by atoms with E-state index < -0.39 is 0 Å². The minimum atomic E-state index is 0. The number of anilines is 2. The largest absolute Gasteiger partial charge is 1.00 e. The van der Waals surface area contributed by atoms with Crippen molar-refractivity contribution in [2.75, 3.05) is 18.1 Å². The molecule has 0 fully saturated rings. The van der Waals surface area contributed by atoms with E-state index in [1.807, 2.05) is 55.5 Å². The average molecular weight is 785 g/mol. The van der Waals surface area contributed by atoms with Crippen LogP contribution in [0.2, 0.25) is 0 Å². The van der Waals surface area contributed by atoms with Crippen LogP contribution >= 0.6 is 24.4 Å². The number of fused-ring (bicyclic) bond motifs is 2. The Labute approximate surface area is 383 Å². The van der Waals surface area contributed by atoms with Gasteiger partial charge in [-0.2, -0.15) is 4.98 Å². The molecule has 0 bridgehead atoms. The number of nitrogens with one attached hydrogen (secondary N) is 1. The molecule has 13 heteroatoms. The maximum Gasteiger partial charge on any atom is 1.00 e. The van der Waals surface area contributed by atoms with Crippen molar-refractivity contribution in [1.82, 2.24) is 9.97 Å². The van der Waals surface area contributed by atoms with Gasteiger partial charge in [0.25, 0.3) is 10.9 Å². The van der Waals surface area contributed by atoms with Crippen LogP contribution in [-0.2, 0) is 17.4 Å². The molecular formula is C36H57ArKN4O4S3. The Bertz CT molecular complexity index is 1430. The van der Waals surface area contributed by atoms with E-state index in [2.05, 4.69) is 102 Å². The molecule has 0 aliphatic carbocycles. The van der Waals surface area contributed by atoms with Crippen LogP contribution in [0.3, 0.4) is 0 Å². The third kappa shape index (κ3) is 36.8. The van der Waals surface area contributed by atoms with E-state index in [4.69, 9.17) is 37.6 Å². The average Bonchev–Trinajstić information content (AvgIpc) is 3.51. The van der Waals surface area contributed by atoms with Crippen molar-refractivity contribution in [3.63, 3.8) is 0 Å². The third-order valence-corrected chi connectivity index (χ3v) is 4.26. The number of benzene rings is 3. The SMILES string of the molecule is C.CC(C)C.CC(C)C.CC(C)C.CCOC(=S)[S-].Nc1ccccc1O.Nc1nc2ccccc2o1.S=c1[nH]c2ccccc2o1.[Ar].[K+]. The number of nitrogens with zero attached hydrogens (tertiary/aromatic N) is 1. The van der Waals surface area contributed by atoms with E-state index in [1.54, 1.807) is 24.3 Å². The fraction of sp³-hybridized carbons (Fsp3) is 0.417. The van der Waals surface area contributed by atoms with Gasteiger partial charge in [-0.25, -0.2) is 0 Å². The summed E-state index contributed by atoms with van der Waals surface area (Å²) in [7, 11) is 0. The molecule has 3 aromatic carbocycles. The van der Waals surface area contributed by atoms with E-state index in [9.17, 15) is 0 Å². The standard InChI is InChI=1S/C7H6N2O.C7H5NOS.C6H7NO.3C4H10.C3H6OS2.CH4.Ar.K/c8-7-9-5-3-1-2-4-6(5)10-7;10-7-8-5-3-1-2-4-6(5)9-7;7-5-3-1-2-4-6(5)8;3*1-4(2)3;1-2-4-3(5)6;;;/h1-4H,(H2,8,9);1-4H,(H,8,10);1-4,8H,7H2;3*4H,1-3H3;2H2,1H3,(H,5,6);1H4;;/q;;;;;;;;;+1/p-1. The Morgan fingerprint density at radius 3 is 1.61 bits per heavy atom. The van der Waals surface area contributed by atoms with Crippen LogP contribution in [-0.4, -0.2) is 26.1 Å². The van der Waals surface area contributed by atoms with Crippen molar-refractivity contribution < 1.29 is 108 Å². The van der Waals surface area contributed by atoms with Crippen LogP contribution in [0.15, 0.2) is 81.6 Å². The Morgan fingerprint density at radius 1 is 0.816 bits per heavy atom. The minimum Gasteiger partial charge on any atom is -0.514 e. The number of ether oxygens (including phenoxy) is 1. The second-order valence-corrected chi connectivity index (χ2v) is 12.8. The molecule has 5 aromatic rings. The van der Waals surface area contributed by atoms with Gasteiger partial charge in [0.2, 0.25) is 0 Å². The van der Waals surface area contributed by atoms with Gasteiger partial charge in [0.05, 0.1) is 17.8 Å². The number of rotatable bonds is 1. The number of aromatic amines is 1. The predicted molar refractivity (Wildman–Crippen MR) is 212 cm³/mol. The molecule has 0 atom stereocenters. The normalized spacial score (nSPS) is 8.84. The number of H-pyrrole nitrogens is 1. The Balaban J connectivity index is -0.000000158. The number of nitrogen functional groups attached to an aromatic ring is 2. The van der Waals surface area contributed by atoms with Crippen LogP contribution in [0.1, 0.15) is 76.7 Å². The molecule has 5 rings (SSSR count). The number of thiocarbonyl (C=S) groups is 1. The molecule has 0 aliphatic heterocycles. The Morgan fingerprint density at radius 2 is 1.24 bits per heavy atom. The van der Waals surface area contributed by atoms with Crippen LogP contribution < -0.4 is 62.9 Å². The molecular weight excluding hydrogens is 728 g/mol. The van der Waals surface area contributed by atoms with Crippen molar-refractivity contribution in [2.24, 2.45) is 17.8 Å². The van der Waals surface area contributed by atoms with Crippen LogP contribution in [0.25, 0.3) is 22.2 Å². The summed E-state index contributed by atoms with van der Waals surface area (Å²) in [5.74, 6) is 2.65. The fourth-order valence-corrected chi connectivity index (χ4v) is 2.83. The van der Waals surface area contributed by atoms with Crippen molar-refractivity contribution in [3.05, 3.63) is 77.6 Å². The first-order valence-corrected chi connectivity index (χ1v) is 16.3. The Hall–Kier alpha value is -0.774. The maximum atomic E-state index is 8.79. The summed E-state index contributed by atoms with van der Waals surface area (Å²) in [6.45, 7) is 21.9. The summed E-state index contributed by atoms with van der Waals surface area (Å²) in [4.78, 5) is 7.26. The molecule has 6 N–H and O–H groups in total. The van der Waals surface area contributed by atoms with Gasteiger partial charge in [-0.3, -0.25) is 0 Å². The summed E-state index contributed by atoms with van der Waals surface area (Å²) >= 11 is 13.6. The zero-order valence-electron chi connectivity index (χ0n) is 30.2. The summed E-state index contributed by atoms with van der Waals surface area (Å²) in [5, 5.41) is 8.79. The molecule has 0 radical (unpaired) electrons. The predicted octanol–water partition coefficient (Wildman–Crippen LogP) is 8.36. The van der Waals surface area contributed by atoms with Gasteiger partial charge in [0.15, 0.2) is 11.2 Å². The zero-order chi connectivity index (χ0) is 35.7. The molecule has 2 aromatic heterocycles. The summed E-state index contributed by atoms with van der Waals surface area (Å²) in [6.07, 6.45) is 0. The van der Waals surface area contributed by atoms with Gasteiger partial charge in [-0.15, -0.1) is 0 Å². The number of phenolic OH excluding ortho intramolecular Hbond substituents is 1. The van der Waals surface area contributed by atoms with Gasteiger partial charge in [0.1, 0.15) is 11.3 Å². The number of hydrogen-bond acceptors (Lipinski definition) is 10. The van der Waals surface area contributed by atoms with E-state index in [-0.39, 0.29) is 113 Å². The number of aromatic nitrogens is 2. The molecule has 0 aliphatic rings. The van der Waals surface area contributed by atoms with Crippen molar-refractivity contribution in [3.8, 4) is 5.75 Å². The quantitative estimate of drug-likeness (QED) is 0.0432. The summed E-state index contributed by atoms with van der Waals surface area (Å²) in [6, 6.07) is 22.0. The van der Waals surface area contributed by atoms with E-state index in [1.165, 1.54) is 0 Å². The first kappa shape index (κ1) is 57.6. The second kappa shape index (κ2) is 35.6. The van der Waals surface area contributed by atoms with E-state index in [0.29, 0.717) is 17.1 Å². The first-order valence-electron chi connectivity index (χ1n) is 15.1.